The van der Waals surface area contributed by atoms with Crippen LogP contribution in [0, 0.1) is 26.7 Å². The molecule has 0 aromatic heterocycles. The predicted molar refractivity (Wildman–Crippen MR) is 108 cm³/mol. The van der Waals surface area contributed by atoms with Crippen LogP contribution in [0.1, 0.15) is 47.9 Å². The average Bonchev–Trinajstić information content (AvgIpc) is 2.86. The molecule has 0 radical (unpaired) electrons. The third-order valence-corrected chi connectivity index (χ3v) is 6.36. The molecule has 2 aliphatic rings. The van der Waals surface area contributed by atoms with Crippen molar-refractivity contribution in [3.63, 3.8) is 0 Å². The van der Waals surface area contributed by atoms with Gasteiger partial charge in [-0.05, 0) is 69.1 Å². The second-order valence-electron chi connectivity index (χ2n) is 8.20. The zero-order valence-electron chi connectivity index (χ0n) is 17.0. The first-order chi connectivity index (χ1) is 12.6. The highest BCUT2D eigenvalue weighted by atomic mass is 32.2. The number of nitrogens with one attached hydrogen (secondary N) is 1. The van der Waals surface area contributed by atoms with Gasteiger partial charge in [0, 0.05) is 25.8 Å². The van der Waals surface area contributed by atoms with Crippen molar-refractivity contribution < 1.29 is 17.3 Å². The summed E-state index contributed by atoms with van der Waals surface area (Å²) >= 11 is 0. The van der Waals surface area contributed by atoms with Gasteiger partial charge in [-0.15, -0.1) is 0 Å². The quantitative estimate of drug-likeness (QED) is 0.776. The van der Waals surface area contributed by atoms with Crippen molar-refractivity contribution in [2.75, 3.05) is 26.5 Å². The number of ether oxygens (including phenoxy) is 1. The molecule has 0 saturated heterocycles. The molecule has 27 heavy (non-hydrogen) atoms. The zero-order chi connectivity index (χ0) is 19.8. The van der Waals surface area contributed by atoms with Gasteiger partial charge in [0.1, 0.15) is 5.76 Å². The van der Waals surface area contributed by atoms with Crippen LogP contribution >= 0.6 is 0 Å². The Bertz CT molecular complexity index is 826. The lowest BCUT2D eigenvalue weighted by molar-refractivity contribution is 0.104. The fraction of sp³-hybridized carbons (Fsp3) is 0.619. The fourth-order valence-electron chi connectivity index (χ4n) is 4.82. The lowest BCUT2D eigenvalue weighted by Crippen LogP contribution is -2.47. The maximum atomic E-state index is 12.1. The Morgan fingerprint density at radius 3 is 2.26 bits per heavy atom. The van der Waals surface area contributed by atoms with Crippen LogP contribution in [0.4, 0.5) is 0 Å². The van der Waals surface area contributed by atoms with E-state index in [2.05, 4.69) is 38.2 Å². The van der Waals surface area contributed by atoms with Crippen LogP contribution in [0.5, 0.6) is 0 Å². The summed E-state index contributed by atoms with van der Waals surface area (Å²) < 4.78 is 35.1. The van der Waals surface area contributed by atoms with Crippen molar-refractivity contribution in [2.24, 2.45) is 5.92 Å². The highest BCUT2D eigenvalue weighted by Gasteiger charge is 2.46. The molecule has 1 aromatic carbocycles. The fourth-order valence-corrected chi connectivity index (χ4v) is 5.39. The summed E-state index contributed by atoms with van der Waals surface area (Å²) in [5.74, 6) is 1.13. The number of benzene rings is 1. The van der Waals surface area contributed by atoms with Crippen molar-refractivity contribution in [2.45, 2.75) is 52.0 Å². The maximum Gasteiger partial charge on any atom is 0.306 e. The summed E-state index contributed by atoms with van der Waals surface area (Å²) in [5.41, 5.74) is 5.23. The van der Waals surface area contributed by atoms with Crippen molar-refractivity contribution in [1.82, 2.24) is 5.32 Å². The molecule has 0 bridgehead atoms. The van der Waals surface area contributed by atoms with Gasteiger partial charge in [-0.3, -0.25) is 0 Å². The Balaban J connectivity index is 2.06. The molecule has 1 saturated carbocycles. The van der Waals surface area contributed by atoms with Gasteiger partial charge >= 0.3 is 10.1 Å². The Hall–Kier alpha value is -1.37. The Kier molecular flexibility index (Phi) is 5.71. The summed E-state index contributed by atoms with van der Waals surface area (Å²) in [4.78, 5) is 0. The Morgan fingerprint density at radius 2 is 1.74 bits per heavy atom. The van der Waals surface area contributed by atoms with Crippen LogP contribution in [-0.4, -0.2) is 40.5 Å². The minimum absolute atomic E-state index is 0.396. The van der Waals surface area contributed by atoms with Gasteiger partial charge in [0.25, 0.3) is 0 Å². The molecular formula is C21H31NO4S. The molecule has 1 fully saturated rings. The third kappa shape index (κ3) is 4.23. The summed E-state index contributed by atoms with van der Waals surface area (Å²) in [6.45, 7) is 7.63. The molecule has 6 heteroatoms. The SMILES string of the molecule is COCC1CCC2(CC1)NCC(c1c(C)cc(C)cc1C)=C2OS(C)(=O)=O. The summed E-state index contributed by atoms with van der Waals surface area (Å²) in [6, 6.07) is 4.29. The molecule has 1 heterocycles. The Labute approximate surface area is 163 Å². The first kappa shape index (κ1) is 20.4. The average molecular weight is 394 g/mol. The number of hydrogen-bond acceptors (Lipinski definition) is 5. The molecule has 1 aliphatic carbocycles. The van der Waals surface area contributed by atoms with E-state index in [1.165, 1.54) is 5.56 Å². The molecule has 5 nitrogen and oxygen atoms in total. The van der Waals surface area contributed by atoms with E-state index < -0.39 is 15.7 Å². The molecule has 1 aromatic rings. The number of aryl methyl sites for hydroxylation is 3. The topological polar surface area (TPSA) is 64.6 Å². The van der Waals surface area contributed by atoms with Gasteiger partial charge in [-0.1, -0.05) is 17.7 Å². The molecular weight excluding hydrogens is 362 g/mol. The Morgan fingerprint density at radius 1 is 1.15 bits per heavy atom. The molecule has 0 amide bonds. The van der Waals surface area contributed by atoms with Crippen LogP contribution in [0.3, 0.4) is 0 Å². The van der Waals surface area contributed by atoms with E-state index in [0.717, 1.165) is 60.8 Å². The lowest BCUT2D eigenvalue weighted by Gasteiger charge is -2.38. The van der Waals surface area contributed by atoms with Crippen molar-refractivity contribution >= 4 is 15.7 Å². The van der Waals surface area contributed by atoms with Gasteiger partial charge < -0.3 is 14.2 Å². The van der Waals surface area contributed by atoms with Gasteiger partial charge in [0.15, 0.2) is 0 Å². The van der Waals surface area contributed by atoms with Crippen LogP contribution in [0.2, 0.25) is 0 Å². The molecule has 1 aliphatic heterocycles. The second-order valence-corrected chi connectivity index (χ2v) is 9.78. The largest absolute Gasteiger partial charge is 0.385 e. The molecule has 150 valence electrons. The minimum Gasteiger partial charge on any atom is -0.385 e. The lowest BCUT2D eigenvalue weighted by atomic mass is 9.75. The first-order valence-electron chi connectivity index (χ1n) is 9.60. The summed E-state index contributed by atoms with van der Waals surface area (Å²) in [5, 5.41) is 3.62. The van der Waals surface area contributed by atoms with Crippen molar-refractivity contribution in [3.8, 4) is 0 Å². The zero-order valence-corrected chi connectivity index (χ0v) is 17.8. The van der Waals surface area contributed by atoms with E-state index >= 15 is 0 Å². The minimum atomic E-state index is -3.60. The van der Waals surface area contributed by atoms with Gasteiger partial charge in [0.05, 0.1) is 11.8 Å². The molecule has 0 unspecified atom stereocenters. The van der Waals surface area contributed by atoms with Crippen molar-refractivity contribution in [1.29, 1.82) is 0 Å². The number of hydrogen-bond donors (Lipinski definition) is 1. The molecule has 1 spiro atoms. The number of rotatable bonds is 5. The van der Waals surface area contributed by atoms with Crippen molar-refractivity contribution in [3.05, 3.63) is 40.1 Å². The normalized spacial score (nSPS) is 26.0. The van der Waals surface area contributed by atoms with E-state index in [4.69, 9.17) is 8.92 Å². The van der Waals surface area contributed by atoms with Gasteiger partial charge in [-0.25, -0.2) is 0 Å². The smallest absolute Gasteiger partial charge is 0.306 e. The highest BCUT2D eigenvalue weighted by Crippen LogP contribution is 2.45. The van der Waals surface area contributed by atoms with E-state index in [-0.39, 0.29) is 0 Å². The van der Waals surface area contributed by atoms with Crippen LogP contribution in [0.15, 0.2) is 17.9 Å². The standard InChI is InChI=1S/C21H31NO4S/c1-14-10-15(2)19(16(3)11-14)18-12-22-21(20(18)26-27(5,23)24)8-6-17(7-9-21)13-25-4/h10-11,17,22H,6-9,12-13H2,1-5H3. The van der Waals surface area contributed by atoms with Crippen LogP contribution in [-0.2, 0) is 19.0 Å². The molecule has 3 rings (SSSR count). The summed E-state index contributed by atoms with van der Waals surface area (Å²) in [7, 11) is -1.87. The van der Waals surface area contributed by atoms with E-state index in [9.17, 15) is 8.42 Å². The summed E-state index contributed by atoms with van der Waals surface area (Å²) in [6.07, 6.45) is 4.85. The van der Waals surface area contributed by atoms with Crippen LogP contribution < -0.4 is 5.32 Å². The maximum absolute atomic E-state index is 12.1. The monoisotopic (exact) mass is 393 g/mol. The predicted octanol–water partition coefficient (Wildman–Crippen LogP) is 3.48. The third-order valence-electron chi connectivity index (χ3n) is 5.89. The van der Waals surface area contributed by atoms with Gasteiger partial charge in [-0.2, -0.15) is 8.42 Å². The van der Waals surface area contributed by atoms with E-state index in [1.54, 1.807) is 7.11 Å². The first-order valence-corrected chi connectivity index (χ1v) is 11.4. The van der Waals surface area contributed by atoms with Gasteiger partial charge in [0.2, 0.25) is 0 Å². The van der Waals surface area contributed by atoms with E-state index in [0.29, 0.717) is 18.2 Å². The molecule has 1 N–H and O–H groups in total. The van der Waals surface area contributed by atoms with Crippen LogP contribution in [0.25, 0.3) is 5.57 Å². The second kappa shape index (κ2) is 7.57. The van der Waals surface area contributed by atoms with E-state index in [1.807, 2.05) is 0 Å². The highest BCUT2D eigenvalue weighted by molar-refractivity contribution is 7.86. The number of methoxy groups -OCH3 is 1. The molecule has 0 atom stereocenters.